The molecule has 0 aromatic carbocycles. The van der Waals surface area contributed by atoms with Crippen LogP contribution in [0.2, 0.25) is 0 Å². The number of thiophene rings is 2. The monoisotopic (exact) mass is 384 g/mol. The minimum Gasteiger partial charge on any atom is -0.344 e. The molecule has 2 aromatic heterocycles. The maximum atomic E-state index is 12.8. The first kappa shape index (κ1) is 17.6. The number of nitrogens with zero attached hydrogens (tertiary/aromatic N) is 1. The summed E-state index contributed by atoms with van der Waals surface area (Å²) in [5.41, 5.74) is 0. The molecule has 0 spiro atoms. The third-order valence-electron chi connectivity index (χ3n) is 4.09. The van der Waals surface area contributed by atoms with E-state index < -0.39 is 10.0 Å². The van der Waals surface area contributed by atoms with Crippen LogP contribution < -0.4 is 5.32 Å². The van der Waals surface area contributed by atoms with Crippen molar-refractivity contribution < 1.29 is 13.2 Å². The lowest BCUT2D eigenvalue weighted by Gasteiger charge is -2.25. The molecule has 1 aliphatic heterocycles. The zero-order valence-electron chi connectivity index (χ0n) is 13.4. The molecule has 130 valence electrons. The van der Waals surface area contributed by atoms with Crippen molar-refractivity contribution in [3.8, 4) is 0 Å². The summed E-state index contributed by atoms with van der Waals surface area (Å²) in [7, 11) is -3.60. The fraction of sp³-hybridized carbons (Fsp3) is 0.438. The van der Waals surface area contributed by atoms with Crippen molar-refractivity contribution in [3.05, 3.63) is 38.7 Å². The Balaban J connectivity index is 1.80. The highest BCUT2D eigenvalue weighted by Crippen LogP contribution is 2.28. The zero-order chi connectivity index (χ0) is 17.2. The fourth-order valence-corrected chi connectivity index (χ4v) is 6.34. The van der Waals surface area contributed by atoms with Gasteiger partial charge in [0, 0.05) is 18.0 Å². The van der Waals surface area contributed by atoms with Crippen LogP contribution in [0.1, 0.15) is 46.8 Å². The third-order valence-corrected chi connectivity index (χ3v) is 8.12. The Morgan fingerprint density at radius 2 is 1.92 bits per heavy atom. The van der Waals surface area contributed by atoms with Crippen molar-refractivity contribution in [2.75, 3.05) is 13.1 Å². The highest BCUT2D eigenvalue weighted by atomic mass is 32.2. The van der Waals surface area contributed by atoms with E-state index in [0.717, 1.165) is 24.1 Å². The van der Waals surface area contributed by atoms with Gasteiger partial charge in [0.2, 0.25) is 10.0 Å². The van der Waals surface area contributed by atoms with Crippen molar-refractivity contribution in [2.45, 2.75) is 37.1 Å². The van der Waals surface area contributed by atoms with Crippen LogP contribution in [0, 0.1) is 0 Å². The van der Waals surface area contributed by atoms with Crippen molar-refractivity contribution in [1.82, 2.24) is 9.62 Å². The predicted octanol–water partition coefficient (Wildman–Crippen LogP) is 3.48. The van der Waals surface area contributed by atoms with Crippen LogP contribution in [0.25, 0.3) is 0 Å². The van der Waals surface area contributed by atoms with Gasteiger partial charge in [-0.15, -0.1) is 22.7 Å². The van der Waals surface area contributed by atoms with Crippen LogP contribution in [0.3, 0.4) is 0 Å². The molecular weight excluding hydrogens is 364 g/mol. The summed E-state index contributed by atoms with van der Waals surface area (Å²) in [6, 6.07) is 5.28. The molecule has 1 atom stereocenters. The summed E-state index contributed by atoms with van der Waals surface area (Å²) in [5, 5.41) is 6.52. The Morgan fingerprint density at radius 1 is 1.17 bits per heavy atom. The average molecular weight is 385 g/mol. The Hall–Kier alpha value is -1.22. The van der Waals surface area contributed by atoms with Gasteiger partial charge in [0.15, 0.2) is 0 Å². The molecule has 1 N–H and O–H groups in total. The van der Waals surface area contributed by atoms with E-state index in [1.165, 1.54) is 15.6 Å². The molecule has 24 heavy (non-hydrogen) atoms. The van der Waals surface area contributed by atoms with Crippen molar-refractivity contribution in [2.24, 2.45) is 0 Å². The normalized spacial score (nSPS) is 17.5. The van der Waals surface area contributed by atoms with Gasteiger partial charge in [0.25, 0.3) is 5.91 Å². The van der Waals surface area contributed by atoms with Gasteiger partial charge in [-0.1, -0.05) is 12.5 Å². The molecule has 1 aliphatic rings. The topological polar surface area (TPSA) is 66.5 Å². The largest absolute Gasteiger partial charge is 0.344 e. The number of sulfonamides is 1. The van der Waals surface area contributed by atoms with Gasteiger partial charge in [-0.2, -0.15) is 4.31 Å². The van der Waals surface area contributed by atoms with E-state index in [0.29, 0.717) is 13.1 Å². The van der Waals surface area contributed by atoms with Crippen LogP contribution in [0.4, 0.5) is 0 Å². The number of hydrogen-bond acceptors (Lipinski definition) is 5. The molecule has 0 saturated carbocycles. The predicted molar refractivity (Wildman–Crippen MR) is 97.1 cm³/mol. The van der Waals surface area contributed by atoms with E-state index in [9.17, 15) is 13.2 Å². The fourth-order valence-electron chi connectivity index (χ4n) is 2.78. The smallest absolute Gasteiger partial charge is 0.263 e. The highest BCUT2D eigenvalue weighted by Gasteiger charge is 2.31. The highest BCUT2D eigenvalue weighted by molar-refractivity contribution is 7.89. The first-order valence-electron chi connectivity index (χ1n) is 7.92. The number of rotatable bonds is 5. The summed E-state index contributed by atoms with van der Waals surface area (Å²) in [5.74, 6) is -0.332. The van der Waals surface area contributed by atoms with Crippen LogP contribution in [-0.4, -0.2) is 31.7 Å². The minimum absolute atomic E-state index is 0.130. The van der Waals surface area contributed by atoms with Crippen molar-refractivity contribution in [3.63, 3.8) is 0 Å². The standard InChI is InChI=1S/C16H20N2O3S3/c1-12(13-6-5-10-22-13)17-16(19)15-14(7-11-23-15)24(20,21)18-8-3-2-4-9-18/h5-7,10-12H,2-4,8-9H2,1H3,(H,17,19)/t12-/m0/s1. The average Bonchev–Trinajstić information content (AvgIpc) is 3.27. The van der Waals surface area contributed by atoms with Gasteiger partial charge in [0.05, 0.1) is 6.04 Å². The van der Waals surface area contributed by atoms with E-state index in [2.05, 4.69) is 5.32 Å². The van der Waals surface area contributed by atoms with Crippen LogP contribution in [-0.2, 0) is 10.0 Å². The van der Waals surface area contributed by atoms with Gasteiger partial charge in [-0.3, -0.25) is 4.79 Å². The Labute approximate surface area is 150 Å². The summed E-state index contributed by atoms with van der Waals surface area (Å²) in [6.45, 7) is 2.96. The summed E-state index contributed by atoms with van der Waals surface area (Å²) >= 11 is 2.74. The second-order valence-corrected chi connectivity index (χ2v) is 9.59. The summed E-state index contributed by atoms with van der Waals surface area (Å²) < 4.78 is 27.2. The molecule has 1 saturated heterocycles. The molecular formula is C16H20N2O3S3. The van der Waals surface area contributed by atoms with Gasteiger partial charge < -0.3 is 5.32 Å². The van der Waals surface area contributed by atoms with Gasteiger partial charge >= 0.3 is 0 Å². The quantitative estimate of drug-likeness (QED) is 0.858. The summed E-state index contributed by atoms with van der Waals surface area (Å²) in [4.78, 5) is 14.0. The minimum atomic E-state index is -3.60. The lowest BCUT2D eigenvalue weighted by molar-refractivity contribution is 0.0941. The lowest BCUT2D eigenvalue weighted by Crippen LogP contribution is -2.36. The van der Waals surface area contributed by atoms with Crippen molar-refractivity contribution >= 4 is 38.6 Å². The number of carbonyl (C=O) groups is 1. The molecule has 1 fully saturated rings. The number of piperidine rings is 1. The molecule has 2 aromatic rings. The van der Waals surface area contributed by atoms with Gasteiger partial charge in [-0.25, -0.2) is 8.42 Å². The number of hydrogen-bond donors (Lipinski definition) is 1. The molecule has 0 unspecified atom stereocenters. The van der Waals surface area contributed by atoms with Gasteiger partial charge in [0.1, 0.15) is 9.77 Å². The first-order chi connectivity index (χ1) is 11.5. The van der Waals surface area contributed by atoms with Crippen LogP contribution >= 0.6 is 22.7 Å². The molecule has 0 radical (unpaired) electrons. The molecule has 0 bridgehead atoms. The summed E-state index contributed by atoms with van der Waals surface area (Å²) in [6.07, 6.45) is 2.81. The van der Waals surface area contributed by atoms with Gasteiger partial charge in [-0.05, 0) is 42.7 Å². The van der Waals surface area contributed by atoms with E-state index in [1.54, 1.807) is 22.8 Å². The number of nitrogens with one attached hydrogen (secondary N) is 1. The molecule has 5 nitrogen and oxygen atoms in total. The SMILES string of the molecule is C[C@H](NC(=O)c1sccc1S(=O)(=O)N1CCCCC1)c1cccs1. The van der Waals surface area contributed by atoms with Crippen LogP contribution in [0.15, 0.2) is 33.9 Å². The molecule has 3 heterocycles. The molecule has 1 amide bonds. The molecule has 3 rings (SSSR count). The number of carbonyl (C=O) groups excluding carboxylic acids is 1. The number of amides is 1. The van der Waals surface area contributed by atoms with Crippen LogP contribution in [0.5, 0.6) is 0 Å². The Morgan fingerprint density at radius 3 is 2.58 bits per heavy atom. The van der Waals surface area contributed by atoms with Crippen molar-refractivity contribution in [1.29, 1.82) is 0 Å². The Bertz CT molecular complexity index is 790. The maximum Gasteiger partial charge on any atom is 0.263 e. The third kappa shape index (κ3) is 3.56. The van der Waals surface area contributed by atoms with E-state index in [-0.39, 0.29) is 21.7 Å². The van der Waals surface area contributed by atoms with E-state index in [1.807, 2.05) is 24.4 Å². The zero-order valence-corrected chi connectivity index (χ0v) is 15.8. The Kier molecular flexibility index (Phi) is 5.39. The second-order valence-electron chi connectivity index (χ2n) is 5.79. The molecule has 0 aliphatic carbocycles. The van der Waals surface area contributed by atoms with E-state index >= 15 is 0 Å². The first-order valence-corrected chi connectivity index (χ1v) is 11.1. The molecule has 8 heteroatoms. The second kappa shape index (κ2) is 7.35. The maximum absolute atomic E-state index is 12.8. The lowest BCUT2D eigenvalue weighted by atomic mass is 10.2. The van der Waals surface area contributed by atoms with E-state index in [4.69, 9.17) is 0 Å².